The minimum absolute atomic E-state index is 0.524. The molecule has 0 aromatic carbocycles. The van der Waals surface area contributed by atoms with Gasteiger partial charge in [-0.2, -0.15) is 0 Å². The lowest BCUT2D eigenvalue weighted by molar-refractivity contribution is -0.0323. The molecule has 212 valence electrons. The minimum Gasteiger partial charge on any atom is -0.375 e. The molecule has 0 aliphatic carbocycles. The Bertz CT molecular complexity index is 332. The molecule has 0 N–H and O–H groups in total. The van der Waals surface area contributed by atoms with Gasteiger partial charge in [-0.25, -0.2) is 0 Å². The molecule has 35 heavy (non-hydrogen) atoms. The van der Waals surface area contributed by atoms with Crippen LogP contribution in [0.2, 0.25) is 0 Å². The SMILES string of the molecule is CCCCCCCCCCCC(CCCCC)OC(CCCCC)CCCCCCCCCCC. The van der Waals surface area contributed by atoms with E-state index in [-0.39, 0.29) is 0 Å². The summed E-state index contributed by atoms with van der Waals surface area (Å²) in [5.41, 5.74) is 0. The zero-order valence-electron chi connectivity index (χ0n) is 25.4. The largest absolute Gasteiger partial charge is 0.375 e. The van der Waals surface area contributed by atoms with E-state index >= 15 is 0 Å². The Morgan fingerprint density at radius 3 is 0.771 bits per heavy atom. The first-order valence-corrected chi connectivity index (χ1v) is 16.9. The predicted octanol–water partition coefficient (Wildman–Crippen LogP) is 12.7. The fourth-order valence-electron chi connectivity index (χ4n) is 5.44. The highest BCUT2D eigenvalue weighted by atomic mass is 16.5. The summed E-state index contributed by atoms with van der Waals surface area (Å²) in [7, 11) is 0. The van der Waals surface area contributed by atoms with Gasteiger partial charge >= 0.3 is 0 Å². The first-order chi connectivity index (χ1) is 17.3. The fraction of sp³-hybridized carbons (Fsp3) is 1.00. The number of ether oxygens (including phenoxy) is 1. The van der Waals surface area contributed by atoms with Gasteiger partial charge in [-0.1, -0.05) is 182 Å². The Balaban J connectivity index is 4.27. The Labute approximate surface area is 224 Å². The summed E-state index contributed by atoms with van der Waals surface area (Å²) in [4.78, 5) is 0. The van der Waals surface area contributed by atoms with Gasteiger partial charge in [-0.3, -0.25) is 0 Å². The van der Waals surface area contributed by atoms with Crippen LogP contribution in [0.4, 0.5) is 0 Å². The summed E-state index contributed by atoms with van der Waals surface area (Å²) in [6, 6.07) is 0. The third-order valence-corrected chi connectivity index (χ3v) is 7.90. The molecule has 0 aliphatic heterocycles. The number of rotatable bonds is 30. The number of hydrogen-bond donors (Lipinski definition) is 0. The summed E-state index contributed by atoms with van der Waals surface area (Å²) < 4.78 is 6.89. The Morgan fingerprint density at radius 1 is 0.286 bits per heavy atom. The molecular weight excluding hydrogens is 424 g/mol. The summed E-state index contributed by atoms with van der Waals surface area (Å²) >= 11 is 0. The molecule has 0 aromatic rings. The van der Waals surface area contributed by atoms with Gasteiger partial charge in [0.1, 0.15) is 0 Å². The summed E-state index contributed by atoms with van der Waals surface area (Å²) in [5.74, 6) is 0. The van der Waals surface area contributed by atoms with Crippen molar-refractivity contribution >= 4 is 0 Å². The molecule has 0 aliphatic rings. The summed E-state index contributed by atoms with van der Waals surface area (Å²) in [5, 5.41) is 0. The molecular formula is C34H70O. The van der Waals surface area contributed by atoms with E-state index in [1.165, 1.54) is 180 Å². The standard InChI is InChI=1S/C34H70O/c1-5-9-13-15-17-19-21-23-27-31-33(29-25-11-7-3)35-34(30-26-12-8-4)32-28-24-22-20-18-16-14-10-6-2/h33-34H,5-32H2,1-4H3. The zero-order chi connectivity index (χ0) is 25.7. The zero-order valence-corrected chi connectivity index (χ0v) is 25.4. The summed E-state index contributed by atoms with van der Waals surface area (Å²) in [6.07, 6.45) is 40.0. The van der Waals surface area contributed by atoms with Gasteiger partial charge in [0.2, 0.25) is 0 Å². The van der Waals surface area contributed by atoms with Crippen molar-refractivity contribution in [2.24, 2.45) is 0 Å². The van der Waals surface area contributed by atoms with Crippen LogP contribution in [-0.4, -0.2) is 12.2 Å². The number of unbranched alkanes of at least 4 members (excludes halogenated alkanes) is 20. The highest BCUT2D eigenvalue weighted by Gasteiger charge is 2.16. The van der Waals surface area contributed by atoms with E-state index in [1.807, 2.05) is 0 Å². The van der Waals surface area contributed by atoms with Crippen molar-refractivity contribution in [1.82, 2.24) is 0 Å². The third-order valence-electron chi connectivity index (χ3n) is 7.90. The maximum Gasteiger partial charge on any atom is 0.0578 e. The smallest absolute Gasteiger partial charge is 0.0578 e. The van der Waals surface area contributed by atoms with Crippen molar-refractivity contribution in [3.8, 4) is 0 Å². The minimum atomic E-state index is 0.524. The normalized spacial score (nSPS) is 13.4. The second-order valence-electron chi connectivity index (χ2n) is 11.6. The average Bonchev–Trinajstić information content (AvgIpc) is 2.86. The molecule has 0 bridgehead atoms. The lowest BCUT2D eigenvalue weighted by Gasteiger charge is -2.26. The maximum atomic E-state index is 6.89. The summed E-state index contributed by atoms with van der Waals surface area (Å²) in [6.45, 7) is 9.27. The molecule has 2 unspecified atom stereocenters. The lowest BCUT2D eigenvalue weighted by atomic mass is 10.00. The van der Waals surface area contributed by atoms with E-state index < -0.39 is 0 Å². The van der Waals surface area contributed by atoms with Gasteiger partial charge in [0, 0.05) is 0 Å². The van der Waals surface area contributed by atoms with Crippen LogP contribution in [0.5, 0.6) is 0 Å². The van der Waals surface area contributed by atoms with Gasteiger partial charge in [0.25, 0.3) is 0 Å². The highest BCUT2D eigenvalue weighted by Crippen LogP contribution is 2.23. The molecule has 0 radical (unpaired) electrons. The van der Waals surface area contributed by atoms with Crippen molar-refractivity contribution in [2.75, 3.05) is 0 Å². The van der Waals surface area contributed by atoms with Gasteiger partial charge in [-0.15, -0.1) is 0 Å². The maximum absolute atomic E-state index is 6.89. The second kappa shape index (κ2) is 30.2. The molecule has 0 spiro atoms. The second-order valence-corrected chi connectivity index (χ2v) is 11.6. The molecule has 2 atom stereocenters. The van der Waals surface area contributed by atoms with Gasteiger partial charge in [-0.05, 0) is 25.7 Å². The van der Waals surface area contributed by atoms with E-state index in [0.717, 1.165) is 0 Å². The predicted molar refractivity (Wildman–Crippen MR) is 161 cm³/mol. The fourth-order valence-corrected chi connectivity index (χ4v) is 5.44. The lowest BCUT2D eigenvalue weighted by Crippen LogP contribution is -2.23. The molecule has 0 aromatic heterocycles. The van der Waals surface area contributed by atoms with E-state index in [4.69, 9.17) is 4.74 Å². The van der Waals surface area contributed by atoms with Crippen LogP contribution in [0.1, 0.15) is 207 Å². The van der Waals surface area contributed by atoms with E-state index in [2.05, 4.69) is 27.7 Å². The molecule has 1 nitrogen and oxygen atoms in total. The molecule has 0 amide bonds. The number of hydrogen-bond acceptors (Lipinski definition) is 1. The molecule has 0 fully saturated rings. The van der Waals surface area contributed by atoms with Crippen LogP contribution in [0.25, 0.3) is 0 Å². The van der Waals surface area contributed by atoms with Crippen LogP contribution in [0.3, 0.4) is 0 Å². The van der Waals surface area contributed by atoms with Crippen LogP contribution < -0.4 is 0 Å². The first-order valence-electron chi connectivity index (χ1n) is 16.9. The van der Waals surface area contributed by atoms with E-state index in [9.17, 15) is 0 Å². The van der Waals surface area contributed by atoms with Gasteiger partial charge in [0.15, 0.2) is 0 Å². The Hall–Kier alpha value is -0.0400. The highest BCUT2D eigenvalue weighted by molar-refractivity contribution is 4.67. The molecule has 1 heteroatoms. The molecule has 0 saturated heterocycles. The Morgan fingerprint density at radius 2 is 0.486 bits per heavy atom. The molecule has 0 saturated carbocycles. The topological polar surface area (TPSA) is 9.23 Å². The van der Waals surface area contributed by atoms with Crippen molar-refractivity contribution in [1.29, 1.82) is 0 Å². The van der Waals surface area contributed by atoms with Crippen molar-refractivity contribution < 1.29 is 4.74 Å². The van der Waals surface area contributed by atoms with E-state index in [1.54, 1.807) is 0 Å². The van der Waals surface area contributed by atoms with Crippen molar-refractivity contribution in [3.05, 3.63) is 0 Å². The molecule has 0 rings (SSSR count). The third kappa shape index (κ3) is 26.8. The van der Waals surface area contributed by atoms with Crippen LogP contribution >= 0.6 is 0 Å². The Kier molecular flexibility index (Phi) is 30.2. The van der Waals surface area contributed by atoms with Crippen LogP contribution in [0, 0.1) is 0 Å². The van der Waals surface area contributed by atoms with Crippen molar-refractivity contribution in [3.63, 3.8) is 0 Å². The van der Waals surface area contributed by atoms with Gasteiger partial charge in [0.05, 0.1) is 12.2 Å². The average molecular weight is 495 g/mol. The quantitative estimate of drug-likeness (QED) is 0.0902. The van der Waals surface area contributed by atoms with Gasteiger partial charge < -0.3 is 4.74 Å². The monoisotopic (exact) mass is 495 g/mol. The molecule has 0 heterocycles. The first kappa shape index (κ1) is 35.0. The van der Waals surface area contributed by atoms with E-state index in [0.29, 0.717) is 12.2 Å². The van der Waals surface area contributed by atoms with Crippen LogP contribution in [0.15, 0.2) is 0 Å². The van der Waals surface area contributed by atoms with Crippen LogP contribution in [-0.2, 0) is 4.74 Å². The van der Waals surface area contributed by atoms with Crippen molar-refractivity contribution in [2.45, 2.75) is 220 Å².